The summed E-state index contributed by atoms with van der Waals surface area (Å²) in [5, 5.41) is 4.49. The number of thiazole rings is 1. The van der Waals surface area contributed by atoms with Crippen molar-refractivity contribution in [2.24, 2.45) is 0 Å². The van der Waals surface area contributed by atoms with Crippen molar-refractivity contribution in [1.29, 1.82) is 0 Å². The Kier molecular flexibility index (Phi) is 7.39. The molecule has 3 rings (SSSR count). The zero-order valence-electron chi connectivity index (χ0n) is 15.6. The van der Waals surface area contributed by atoms with E-state index in [-0.39, 0.29) is 23.8 Å². The third-order valence-electron chi connectivity index (χ3n) is 3.80. The normalized spacial score (nSPS) is 10.8. The quantitative estimate of drug-likeness (QED) is 0.313. The Morgan fingerprint density at radius 1 is 1.31 bits per heavy atom. The highest BCUT2D eigenvalue weighted by Gasteiger charge is 2.15. The van der Waals surface area contributed by atoms with Crippen molar-refractivity contribution in [3.8, 4) is 0 Å². The first-order valence-corrected chi connectivity index (χ1v) is 10.6. The first kappa shape index (κ1) is 21.0. The maximum absolute atomic E-state index is 12.5. The molecule has 0 saturated carbocycles. The molecule has 0 spiro atoms. The first-order valence-electron chi connectivity index (χ1n) is 8.69. The molecule has 1 aromatic carbocycles. The Morgan fingerprint density at radius 2 is 2.14 bits per heavy atom. The summed E-state index contributed by atoms with van der Waals surface area (Å²) in [6, 6.07) is 8.25. The van der Waals surface area contributed by atoms with Crippen LogP contribution in [0.4, 0.5) is 0 Å². The Hall–Kier alpha value is -2.69. The van der Waals surface area contributed by atoms with Gasteiger partial charge in [-0.1, -0.05) is 12.1 Å². The van der Waals surface area contributed by atoms with Crippen molar-refractivity contribution in [1.82, 2.24) is 14.7 Å². The second kappa shape index (κ2) is 10.2. The number of ether oxygens (including phenoxy) is 2. The number of amides is 1. The zero-order chi connectivity index (χ0) is 20.6. The fraction of sp³-hybridized carbons (Fsp3) is 0.263. The number of fused-ring (bicyclic) bond motifs is 1. The summed E-state index contributed by atoms with van der Waals surface area (Å²) in [6.45, 7) is 0.758. The summed E-state index contributed by atoms with van der Waals surface area (Å²) < 4.78 is 11.7. The van der Waals surface area contributed by atoms with Crippen LogP contribution in [-0.2, 0) is 20.9 Å². The van der Waals surface area contributed by atoms with Gasteiger partial charge in [0.2, 0.25) is 5.91 Å². The molecule has 8 nitrogen and oxygen atoms in total. The van der Waals surface area contributed by atoms with E-state index in [1.54, 1.807) is 43.0 Å². The molecule has 0 atom stereocenters. The second-order valence-electron chi connectivity index (χ2n) is 5.85. The van der Waals surface area contributed by atoms with Crippen LogP contribution < -0.4 is 10.9 Å². The summed E-state index contributed by atoms with van der Waals surface area (Å²) in [4.78, 5) is 41.9. The summed E-state index contributed by atoms with van der Waals surface area (Å²) in [5.41, 5.74) is 0.516. The van der Waals surface area contributed by atoms with Crippen LogP contribution in [0, 0.1) is 0 Å². The van der Waals surface area contributed by atoms with Crippen molar-refractivity contribution < 1.29 is 19.1 Å². The van der Waals surface area contributed by atoms with E-state index in [4.69, 9.17) is 9.47 Å². The standard InChI is InChI=1S/C19H19N3O5S2/c1-26-8-6-20-16(23)12-29-15-5-3-2-4-14(15)18(25)27-11-13-10-17(24)22-7-9-28-19(22)21-13/h2-5,7,9-10H,6,8,11-12H2,1H3,(H,20,23). The minimum Gasteiger partial charge on any atom is -0.456 e. The van der Waals surface area contributed by atoms with E-state index >= 15 is 0 Å². The van der Waals surface area contributed by atoms with Gasteiger partial charge >= 0.3 is 5.97 Å². The number of benzene rings is 1. The SMILES string of the molecule is COCCNC(=O)CSc1ccccc1C(=O)OCc1cc(=O)n2ccsc2n1. The van der Waals surface area contributed by atoms with E-state index in [1.165, 1.54) is 33.6 Å². The number of thioether (sulfide) groups is 1. The molecule has 2 aromatic heterocycles. The molecule has 0 radical (unpaired) electrons. The highest BCUT2D eigenvalue weighted by molar-refractivity contribution is 8.00. The molecule has 1 N–H and O–H groups in total. The van der Waals surface area contributed by atoms with Gasteiger partial charge < -0.3 is 14.8 Å². The van der Waals surface area contributed by atoms with Crippen molar-refractivity contribution in [3.05, 3.63) is 63.5 Å². The van der Waals surface area contributed by atoms with E-state index in [2.05, 4.69) is 10.3 Å². The lowest BCUT2D eigenvalue weighted by Gasteiger charge is -2.09. The molecular weight excluding hydrogens is 414 g/mol. The highest BCUT2D eigenvalue weighted by Crippen LogP contribution is 2.23. The van der Waals surface area contributed by atoms with E-state index in [9.17, 15) is 14.4 Å². The van der Waals surface area contributed by atoms with Crippen LogP contribution in [0.5, 0.6) is 0 Å². The number of carbonyl (C=O) groups excluding carboxylic acids is 2. The largest absolute Gasteiger partial charge is 0.456 e. The predicted octanol–water partition coefficient (Wildman–Crippen LogP) is 1.97. The number of esters is 1. The monoisotopic (exact) mass is 433 g/mol. The van der Waals surface area contributed by atoms with Gasteiger partial charge in [-0.2, -0.15) is 0 Å². The molecule has 0 aliphatic heterocycles. The molecule has 0 aliphatic carbocycles. The molecule has 3 aromatic rings. The topological polar surface area (TPSA) is 99.0 Å². The van der Waals surface area contributed by atoms with Crippen LogP contribution in [0.1, 0.15) is 16.1 Å². The van der Waals surface area contributed by atoms with Gasteiger partial charge in [-0.05, 0) is 12.1 Å². The second-order valence-corrected chi connectivity index (χ2v) is 7.74. The third-order valence-corrected chi connectivity index (χ3v) is 5.63. The molecule has 0 aliphatic rings. The Labute approximate surface area is 174 Å². The smallest absolute Gasteiger partial charge is 0.339 e. The molecule has 29 heavy (non-hydrogen) atoms. The Balaban J connectivity index is 1.61. The van der Waals surface area contributed by atoms with Gasteiger partial charge in [0, 0.05) is 36.2 Å². The predicted molar refractivity (Wildman–Crippen MR) is 111 cm³/mol. The number of methoxy groups -OCH3 is 1. The highest BCUT2D eigenvalue weighted by atomic mass is 32.2. The van der Waals surface area contributed by atoms with Crippen molar-refractivity contribution in [3.63, 3.8) is 0 Å². The lowest BCUT2D eigenvalue weighted by molar-refractivity contribution is -0.118. The summed E-state index contributed by atoms with van der Waals surface area (Å²) in [5.74, 6) is -0.522. The van der Waals surface area contributed by atoms with E-state index in [1.807, 2.05) is 0 Å². The van der Waals surface area contributed by atoms with Crippen LogP contribution in [0.25, 0.3) is 4.96 Å². The number of hydrogen-bond acceptors (Lipinski definition) is 8. The molecule has 0 fully saturated rings. The minimum absolute atomic E-state index is 0.112. The van der Waals surface area contributed by atoms with E-state index < -0.39 is 5.97 Å². The molecule has 0 saturated heterocycles. The Bertz CT molecular complexity index is 1060. The Morgan fingerprint density at radius 3 is 2.97 bits per heavy atom. The van der Waals surface area contributed by atoms with Gasteiger partial charge in [0.1, 0.15) is 6.61 Å². The van der Waals surface area contributed by atoms with Gasteiger partial charge in [-0.25, -0.2) is 9.78 Å². The number of carbonyl (C=O) groups is 2. The number of hydrogen-bond donors (Lipinski definition) is 1. The number of nitrogens with zero attached hydrogens (tertiary/aromatic N) is 2. The summed E-state index contributed by atoms with van der Waals surface area (Å²) in [7, 11) is 1.56. The fourth-order valence-electron chi connectivity index (χ4n) is 2.43. The summed E-state index contributed by atoms with van der Waals surface area (Å²) >= 11 is 2.57. The molecular formula is C19H19N3O5S2. The first-order chi connectivity index (χ1) is 14.1. The van der Waals surface area contributed by atoms with Crippen LogP contribution in [0.15, 0.2) is 51.6 Å². The minimum atomic E-state index is -0.541. The van der Waals surface area contributed by atoms with Gasteiger partial charge in [0.05, 0.1) is 23.6 Å². The molecule has 0 bridgehead atoms. The molecule has 1 amide bonds. The zero-order valence-corrected chi connectivity index (χ0v) is 17.3. The molecule has 10 heteroatoms. The summed E-state index contributed by atoms with van der Waals surface area (Å²) in [6.07, 6.45) is 1.64. The lowest BCUT2D eigenvalue weighted by Crippen LogP contribution is -2.28. The van der Waals surface area contributed by atoms with Gasteiger partial charge in [0.15, 0.2) is 4.96 Å². The van der Waals surface area contributed by atoms with Crippen LogP contribution in [0.3, 0.4) is 0 Å². The molecule has 152 valence electrons. The van der Waals surface area contributed by atoms with Crippen molar-refractivity contribution >= 4 is 39.9 Å². The molecule has 2 heterocycles. The van der Waals surface area contributed by atoms with Gasteiger partial charge in [0.25, 0.3) is 5.56 Å². The average Bonchev–Trinajstić information content (AvgIpc) is 3.20. The van der Waals surface area contributed by atoms with Crippen molar-refractivity contribution in [2.45, 2.75) is 11.5 Å². The number of rotatable bonds is 9. The maximum atomic E-state index is 12.5. The van der Waals surface area contributed by atoms with E-state index in [0.29, 0.717) is 34.3 Å². The van der Waals surface area contributed by atoms with Crippen LogP contribution in [-0.4, -0.2) is 47.3 Å². The van der Waals surface area contributed by atoms with Gasteiger partial charge in [-0.3, -0.25) is 14.0 Å². The number of nitrogens with one attached hydrogen (secondary N) is 1. The third kappa shape index (κ3) is 5.66. The van der Waals surface area contributed by atoms with Gasteiger partial charge in [-0.15, -0.1) is 23.1 Å². The van der Waals surface area contributed by atoms with Crippen LogP contribution in [0.2, 0.25) is 0 Å². The fourth-order valence-corrected chi connectivity index (χ4v) is 4.04. The molecule has 0 unspecified atom stereocenters. The van der Waals surface area contributed by atoms with E-state index in [0.717, 1.165) is 0 Å². The average molecular weight is 434 g/mol. The number of aromatic nitrogens is 2. The maximum Gasteiger partial charge on any atom is 0.339 e. The van der Waals surface area contributed by atoms with Crippen LogP contribution >= 0.6 is 23.1 Å². The lowest BCUT2D eigenvalue weighted by atomic mass is 10.2. The van der Waals surface area contributed by atoms with Crippen molar-refractivity contribution in [2.75, 3.05) is 26.0 Å².